The molecule has 19 heavy (non-hydrogen) atoms. The van der Waals surface area contributed by atoms with Crippen LogP contribution in [0.2, 0.25) is 10.0 Å². The lowest BCUT2D eigenvalue weighted by Crippen LogP contribution is -2.19. The van der Waals surface area contributed by atoms with Gasteiger partial charge in [-0.05, 0) is 43.2 Å². The third kappa shape index (κ3) is 3.85. The smallest absolute Gasteiger partial charge is 0.126 e. The maximum Gasteiger partial charge on any atom is 0.126 e. The molecule has 0 fully saturated rings. The summed E-state index contributed by atoms with van der Waals surface area (Å²) >= 11 is 12.0. The van der Waals surface area contributed by atoms with Gasteiger partial charge >= 0.3 is 0 Å². The minimum Gasteiger partial charge on any atom is -0.381 e. The summed E-state index contributed by atoms with van der Waals surface area (Å²) in [5.74, 6) is -0.187. The Bertz CT molecular complexity index is 572. The van der Waals surface area contributed by atoms with Crippen LogP contribution in [0.1, 0.15) is 12.5 Å². The normalized spacial score (nSPS) is 12.2. The van der Waals surface area contributed by atoms with E-state index in [9.17, 15) is 4.39 Å². The summed E-state index contributed by atoms with van der Waals surface area (Å²) < 4.78 is 13.6. The molecule has 0 spiro atoms. The van der Waals surface area contributed by atoms with E-state index in [1.54, 1.807) is 30.3 Å². The number of anilines is 1. The van der Waals surface area contributed by atoms with Gasteiger partial charge in [-0.25, -0.2) is 4.39 Å². The Hall–Kier alpha value is -1.25. The van der Waals surface area contributed by atoms with Crippen molar-refractivity contribution in [3.63, 3.8) is 0 Å². The van der Waals surface area contributed by atoms with E-state index in [0.717, 1.165) is 5.69 Å². The molecule has 4 heteroatoms. The van der Waals surface area contributed by atoms with Crippen LogP contribution in [0.25, 0.3) is 0 Å². The first kappa shape index (κ1) is 14.2. The van der Waals surface area contributed by atoms with Crippen molar-refractivity contribution in [1.82, 2.24) is 0 Å². The summed E-state index contributed by atoms with van der Waals surface area (Å²) in [6, 6.07) is 12.1. The van der Waals surface area contributed by atoms with Crippen molar-refractivity contribution in [3.8, 4) is 0 Å². The van der Waals surface area contributed by atoms with E-state index in [4.69, 9.17) is 23.2 Å². The molecule has 2 aromatic carbocycles. The molecule has 0 aromatic heterocycles. The lowest BCUT2D eigenvalue weighted by atomic mass is 10.1. The van der Waals surface area contributed by atoms with Gasteiger partial charge in [-0.2, -0.15) is 0 Å². The highest BCUT2D eigenvalue weighted by atomic mass is 35.5. The van der Waals surface area contributed by atoms with Crippen LogP contribution < -0.4 is 5.32 Å². The summed E-state index contributed by atoms with van der Waals surface area (Å²) in [5, 5.41) is 4.46. The average molecular weight is 298 g/mol. The lowest BCUT2D eigenvalue weighted by molar-refractivity contribution is 0.601. The maximum absolute atomic E-state index is 13.6. The fourth-order valence-electron chi connectivity index (χ4n) is 1.92. The molecule has 0 aliphatic carbocycles. The lowest BCUT2D eigenvalue weighted by Gasteiger charge is -2.17. The first-order valence-electron chi connectivity index (χ1n) is 6.01. The van der Waals surface area contributed by atoms with Gasteiger partial charge < -0.3 is 5.32 Å². The number of hydrogen-bond acceptors (Lipinski definition) is 1. The fourth-order valence-corrected chi connectivity index (χ4v) is 2.26. The molecule has 0 bridgehead atoms. The molecule has 0 heterocycles. The van der Waals surface area contributed by atoms with E-state index in [-0.39, 0.29) is 11.9 Å². The first-order chi connectivity index (χ1) is 9.06. The van der Waals surface area contributed by atoms with Crippen LogP contribution >= 0.6 is 23.2 Å². The highest BCUT2D eigenvalue weighted by Gasteiger charge is 2.09. The summed E-state index contributed by atoms with van der Waals surface area (Å²) in [5.41, 5.74) is 1.44. The van der Waals surface area contributed by atoms with E-state index < -0.39 is 0 Å². The Kier molecular flexibility index (Phi) is 4.67. The Balaban J connectivity index is 2.07. The van der Waals surface area contributed by atoms with Gasteiger partial charge in [0, 0.05) is 11.1 Å². The maximum atomic E-state index is 13.6. The van der Waals surface area contributed by atoms with E-state index in [2.05, 4.69) is 5.32 Å². The predicted molar refractivity (Wildman–Crippen MR) is 79.7 cm³/mol. The van der Waals surface area contributed by atoms with Crippen LogP contribution in [-0.4, -0.2) is 6.04 Å². The Morgan fingerprint density at radius 1 is 1.16 bits per heavy atom. The molecule has 0 aliphatic rings. The zero-order valence-electron chi connectivity index (χ0n) is 10.5. The number of hydrogen-bond donors (Lipinski definition) is 1. The van der Waals surface area contributed by atoms with Crippen molar-refractivity contribution in [2.24, 2.45) is 0 Å². The van der Waals surface area contributed by atoms with Gasteiger partial charge in [0.25, 0.3) is 0 Å². The number of rotatable bonds is 4. The molecule has 100 valence electrons. The van der Waals surface area contributed by atoms with Gasteiger partial charge in [0.1, 0.15) is 5.82 Å². The van der Waals surface area contributed by atoms with Crippen molar-refractivity contribution in [1.29, 1.82) is 0 Å². The molecule has 2 rings (SSSR count). The third-order valence-electron chi connectivity index (χ3n) is 2.81. The quantitative estimate of drug-likeness (QED) is 0.820. The number of halogens is 3. The fraction of sp³-hybridized carbons (Fsp3) is 0.200. The summed E-state index contributed by atoms with van der Waals surface area (Å²) in [6.07, 6.45) is 0.579. The van der Waals surface area contributed by atoms with Crippen molar-refractivity contribution < 1.29 is 4.39 Å². The highest BCUT2D eigenvalue weighted by molar-refractivity contribution is 6.35. The van der Waals surface area contributed by atoms with E-state index in [1.807, 2.05) is 13.0 Å². The topological polar surface area (TPSA) is 12.0 Å². The average Bonchev–Trinajstić information content (AvgIpc) is 2.37. The summed E-state index contributed by atoms with van der Waals surface area (Å²) in [4.78, 5) is 0. The molecule has 0 saturated heterocycles. The van der Waals surface area contributed by atoms with Crippen molar-refractivity contribution in [2.45, 2.75) is 19.4 Å². The van der Waals surface area contributed by atoms with Crippen molar-refractivity contribution in [3.05, 3.63) is 63.9 Å². The predicted octanol–water partition coefficient (Wildman–Crippen LogP) is 5.18. The minimum atomic E-state index is -0.187. The zero-order chi connectivity index (χ0) is 13.8. The van der Waals surface area contributed by atoms with Gasteiger partial charge in [-0.15, -0.1) is 0 Å². The molecule has 0 amide bonds. The Morgan fingerprint density at radius 3 is 2.63 bits per heavy atom. The van der Waals surface area contributed by atoms with Crippen molar-refractivity contribution in [2.75, 3.05) is 5.32 Å². The van der Waals surface area contributed by atoms with E-state index >= 15 is 0 Å². The Morgan fingerprint density at radius 2 is 1.89 bits per heavy atom. The monoisotopic (exact) mass is 297 g/mol. The van der Waals surface area contributed by atoms with Crippen LogP contribution in [0, 0.1) is 5.82 Å². The summed E-state index contributed by atoms with van der Waals surface area (Å²) in [7, 11) is 0. The molecule has 1 nitrogen and oxygen atoms in total. The Labute approximate surface area is 122 Å². The second-order valence-corrected chi connectivity index (χ2v) is 5.31. The van der Waals surface area contributed by atoms with Crippen LogP contribution in [-0.2, 0) is 6.42 Å². The van der Waals surface area contributed by atoms with Crippen LogP contribution in [0.15, 0.2) is 42.5 Å². The first-order valence-corrected chi connectivity index (χ1v) is 6.77. The molecule has 1 atom stereocenters. The van der Waals surface area contributed by atoms with E-state index in [0.29, 0.717) is 22.0 Å². The standard InChI is InChI=1S/C15H14Cl2FN/c1-10(8-11-4-2-3-5-14(11)18)19-15-9-12(16)6-7-13(15)17/h2-7,9-10,19H,8H2,1H3. The zero-order valence-corrected chi connectivity index (χ0v) is 12.0. The van der Waals surface area contributed by atoms with Crippen molar-refractivity contribution >= 4 is 28.9 Å². The van der Waals surface area contributed by atoms with Crippen LogP contribution in [0.4, 0.5) is 10.1 Å². The van der Waals surface area contributed by atoms with Gasteiger partial charge in [0.2, 0.25) is 0 Å². The molecule has 0 aliphatic heterocycles. The summed E-state index contributed by atoms with van der Waals surface area (Å²) in [6.45, 7) is 1.98. The van der Waals surface area contributed by atoms with E-state index in [1.165, 1.54) is 6.07 Å². The molecule has 1 unspecified atom stereocenters. The molecular weight excluding hydrogens is 284 g/mol. The third-order valence-corrected chi connectivity index (χ3v) is 3.38. The second-order valence-electron chi connectivity index (χ2n) is 4.47. The van der Waals surface area contributed by atoms with Crippen LogP contribution in [0.5, 0.6) is 0 Å². The van der Waals surface area contributed by atoms with Crippen LogP contribution in [0.3, 0.4) is 0 Å². The highest BCUT2D eigenvalue weighted by Crippen LogP contribution is 2.26. The molecule has 0 radical (unpaired) electrons. The largest absolute Gasteiger partial charge is 0.381 e. The number of nitrogens with one attached hydrogen (secondary N) is 1. The van der Waals surface area contributed by atoms with Gasteiger partial charge in [0.05, 0.1) is 10.7 Å². The SMILES string of the molecule is CC(Cc1ccccc1F)Nc1cc(Cl)ccc1Cl. The molecule has 2 aromatic rings. The molecule has 1 N–H and O–H groups in total. The molecule has 0 saturated carbocycles. The van der Waals surface area contributed by atoms with Gasteiger partial charge in [0.15, 0.2) is 0 Å². The second kappa shape index (κ2) is 6.27. The minimum absolute atomic E-state index is 0.0490. The molecular formula is C15H14Cl2FN. The number of benzene rings is 2. The van der Waals surface area contributed by atoms with Gasteiger partial charge in [-0.1, -0.05) is 41.4 Å². The van der Waals surface area contributed by atoms with Gasteiger partial charge in [-0.3, -0.25) is 0 Å².